The Balaban J connectivity index is 2.00. The molecule has 132 valence electrons. The maximum Gasteiger partial charge on any atom is 0.410 e. The summed E-state index contributed by atoms with van der Waals surface area (Å²) < 4.78 is 5.45. The lowest BCUT2D eigenvalue weighted by Crippen LogP contribution is -2.60. The van der Waals surface area contributed by atoms with Gasteiger partial charge in [-0.2, -0.15) is 0 Å². The maximum absolute atomic E-state index is 12.7. The first-order valence-corrected chi connectivity index (χ1v) is 8.50. The predicted octanol–water partition coefficient (Wildman–Crippen LogP) is 3.09. The van der Waals surface area contributed by atoms with Crippen LogP contribution in [0.5, 0.6) is 0 Å². The summed E-state index contributed by atoms with van der Waals surface area (Å²) in [6, 6.07) is 9.69. The normalized spacial score (nSPS) is 21.5. The first-order chi connectivity index (χ1) is 11.2. The Kier molecular flexibility index (Phi) is 5.52. The van der Waals surface area contributed by atoms with Crippen molar-refractivity contribution in [3.63, 3.8) is 0 Å². The van der Waals surface area contributed by atoms with E-state index in [0.29, 0.717) is 19.5 Å². The molecule has 1 aromatic carbocycles. The Labute approximate surface area is 144 Å². The number of rotatable bonds is 2. The van der Waals surface area contributed by atoms with Crippen LogP contribution in [0.15, 0.2) is 30.3 Å². The zero-order chi connectivity index (χ0) is 17.9. The molecule has 2 unspecified atom stereocenters. The highest BCUT2D eigenvalue weighted by molar-refractivity contribution is 5.80. The standard InChI is InChI=1S/C19H28N2O3/c1-14-12-20(18(23)24-19(3,4)5)13-15(2)21(14)17(22)11-16-9-7-6-8-10-16/h6-10,14-15H,11-13H2,1-5H3. The van der Waals surface area contributed by atoms with Crippen LogP contribution in [0.1, 0.15) is 40.2 Å². The second-order valence-electron chi connectivity index (χ2n) is 7.55. The molecule has 0 aromatic heterocycles. The Morgan fingerprint density at radius 1 is 1.08 bits per heavy atom. The fraction of sp³-hybridized carbons (Fsp3) is 0.579. The molecule has 0 radical (unpaired) electrons. The molecule has 0 N–H and O–H groups in total. The van der Waals surface area contributed by atoms with E-state index in [-0.39, 0.29) is 24.1 Å². The van der Waals surface area contributed by atoms with Gasteiger partial charge in [-0.1, -0.05) is 30.3 Å². The quantitative estimate of drug-likeness (QED) is 0.836. The molecule has 1 aromatic rings. The lowest BCUT2D eigenvalue weighted by Gasteiger charge is -2.44. The van der Waals surface area contributed by atoms with Crippen LogP contribution in [0.3, 0.4) is 0 Å². The van der Waals surface area contributed by atoms with Crippen LogP contribution in [0.4, 0.5) is 4.79 Å². The topological polar surface area (TPSA) is 49.9 Å². The van der Waals surface area contributed by atoms with E-state index in [1.807, 2.05) is 69.9 Å². The van der Waals surface area contributed by atoms with Gasteiger partial charge in [0.05, 0.1) is 6.42 Å². The first-order valence-electron chi connectivity index (χ1n) is 8.50. The largest absolute Gasteiger partial charge is 0.444 e. The third kappa shape index (κ3) is 4.73. The lowest BCUT2D eigenvalue weighted by molar-refractivity contribution is -0.138. The van der Waals surface area contributed by atoms with Crippen LogP contribution >= 0.6 is 0 Å². The first kappa shape index (κ1) is 18.3. The molecule has 2 atom stereocenters. The Hall–Kier alpha value is -2.04. The number of hydrogen-bond donors (Lipinski definition) is 0. The monoisotopic (exact) mass is 332 g/mol. The van der Waals surface area contributed by atoms with Gasteiger partial charge in [0.25, 0.3) is 0 Å². The van der Waals surface area contributed by atoms with Gasteiger partial charge in [0.1, 0.15) is 5.60 Å². The molecule has 2 amide bonds. The summed E-state index contributed by atoms with van der Waals surface area (Å²) >= 11 is 0. The molecule has 0 bridgehead atoms. The van der Waals surface area contributed by atoms with Crippen LogP contribution in [0.2, 0.25) is 0 Å². The molecule has 1 heterocycles. The van der Waals surface area contributed by atoms with Gasteiger partial charge in [-0.3, -0.25) is 4.79 Å². The SMILES string of the molecule is CC1CN(C(=O)OC(C)(C)C)CC(C)N1C(=O)Cc1ccccc1. The van der Waals surface area contributed by atoms with Crippen molar-refractivity contribution in [2.24, 2.45) is 0 Å². The van der Waals surface area contributed by atoms with Crippen molar-refractivity contribution in [3.05, 3.63) is 35.9 Å². The highest BCUT2D eigenvalue weighted by atomic mass is 16.6. The summed E-state index contributed by atoms with van der Waals surface area (Å²) in [4.78, 5) is 28.6. The second kappa shape index (κ2) is 7.24. The van der Waals surface area contributed by atoms with E-state index in [0.717, 1.165) is 5.56 Å². The van der Waals surface area contributed by atoms with Gasteiger partial charge in [0, 0.05) is 25.2 Å². The molecule has 24 heavy (non-hydrogen) atoms. The summed E-state index contributed by atoms with van der Waals surface area (Å²) in [6.45, 7) is 10.5. The molecule has 1 saturated heterocycles. The lowest BCUT2D eigenvalue weighted by atomic mass is 10.1. The molecule has 0 aliphatic carbocycles. The van der Waals surface area contributed by atoms with Crippen LogP contribution in [0, 0.1) is 0 Å². The Morgan fingerprint density at radius 2 is 1.62 bits per heavy atom. The number of nitrogens with zero attached hydrogens (tertiary/aromatic N) is 2. The van der Waals surface area contributed by atoms with Gasteiger partial charge in [-0.05, 0) is 40.2 Å². The van der Waals surface area contributed by atoms with Gasteiger partial charge in [-0.15, -0.1) is 0 Å². The number of benzene rings is 1. The van der Waals surface area contributed by atoms with E-state index < -0.39 is 5.60 Å². The molecule has 1 aliphatic heterocycles. The van der Waals surface area contributed by atoms with Gasteiger partial charge < -0.3 is 14.5 Å². The summed E-state index contributed by atoms with van der Waals surface area (Å²) in [5.74, 6) is 0.102. The number of carbonyl (C=O) groups is 2. The molecular weight excluding hydrogens is 304 g/mol. The van der Waals surface area contributed by atoms with E-state index in [1.54, 1.807) is 4.90 Å². The van der Waals surface area contributed by atoms with E-state index in [4.69, 9.17) is 4.74 Å². The van der Waals surface area contributed by atoms with Gasteiger partial charge >= 0.3 is 6.09 Å². The smallest absolute Gasteiger partial charge is 0.410 e. The average molecular weight is 332 g/mol. The number of piperazine rings is 1. The average Bonchev–Trinajstić information content (AvgIpc) is 2.45. The maximum atomic E-state index is 12.7. The van der Waals surface area contributed by atoms with Crippen LogP contribution in [0.25, 0.3) is 0 Å². The second-order valence-corrected chi connectivity index (χ2v) is 7.55. The highest BCUT2D eigenvalue weighted by Gasteiger charge is 2.36. The van der Waals surface area contributed by atoms with Gasteiger partial charge in [-0.25, -0.2) is 4.79 Å². The molecule has 1 aliphatic rings. The molecular formula is C19H28N2O3. The fourth-order valence-corrected chi connectivity index (χ4v) is 3.15. The summed E-state index contributed by atoms with van der Waals surface area (Å²) in [5, 5.41) is 0. The van der Waals surface area contributed by atoms with Gasteiger partial charge in [0.2, 0.25) is 5.91 Å². The molecule has 0 spiro atoms. The molecule has 5 heteroatoms. The minimum atomic E-state index is -0.510. The summed E-state index contributed by atoms with van der Waals surface area (Å²) in [7, 11) is 0. The summed E-state index contributed by atoms with van der Waals surface area (Å²) in [5.41, 5.74) is 0.501. The van der Waals surface area contributed by atoms with E-state index in [2.05, 4.69) is 0 Å². The van der Waals surface area contributed by atoms with Crippen molar-refractivity contribution in [3.8, 4) is 0 Å². The van der Waals surface area contributed by atoms with Crippen molar-refractivity contribution in [2.45, 2.75) is 58.7 Å². The van der Waals surface area contributed by atoms with Crippen molar-refractivity contribution >= 4 is 12.0 Å². The zero-order valence-corrected chi connectivity index (χ0v) is 15.3. The minimum absolute atomic E-state index is 0.0301. The summed E-state index contributed by atoms with van der Waals surface area (Å²) in [6.07, 6.45) is 0.0819. The Morgan fingerprint density at radius 3 is 2.12 bits per heavy atom. The van der Waals surface area contributed by atoms with Crippen molar-refractivity contribution in [1.29, 1.82) is 0 Å². The molecule has 5 nitrogen and oxygen atoms in total. The van der Waals surface area contributed by atoms with E-state index >= 15 is 0 Å². The van der Waals surface area contributed by atoms with Crippen LogP contribution in [-0.2, 0) is 16.0 Å². The molecule has 2 rings (SSSR count). The van der Waals surface area contributed by atoms with Crippen LogP contribution in [-0.4, -0.2) is 52.6 Å². The third-order valence-corrected chi connectivity index (χ3v) is 4.06. The zero-order valence-electron chi connectivity index (χ0n) is 15.3. The van der Waals surface area contributed by atoms with Gasteiger partial charge in [0.15, 0.2) is 0 Å². The highest BCUT2D eigenvalue weighted by Crippen LogP contribution is 2.20. The number of carbonyl (C=O) groups excluding carboxylic acids is 2. The minimum Gasteiger partial charge on any atom is -0.444 e. The Bertz CT molecular complexity index is 568. The number of amides is 2. The fourth-order valence-electron chi connectivity index (χ4n) is 3.15. The molecule has 1 fully saturated rings. The van der Waals surface area contributed by atoms with E-state index in [9.17, 15) is 9.59 Å². The van der Waals surface area contributed by atoms with Crippen molar-refractivity contribution < 1.29 is 14.3 Å². The predicted molar refractivity (Wildman–Crippen MR) is 93.7 cm³/mol. The number of hydrogen-bond acceptors (Lipinski definition) is 3. The molecule has 0 saturated carbocycles. The van der Waals surface area contributed by atoms with E-state index in [1.165, 1.54) is 0 Å². The van der Waals surface area contributed by atoms with Crippen LogP contribution < -0.4 is 0 Å². The van der Waals surface area contributed by atoms with Crippen molar-refractivity contribution in [2.75, 3.05) is 13.1 Å². The number of ether oxygens (including phenoxy) is 1. The van der Waals surface area contributed by atoms with Crippen molar-refractivity contribution in [1.82, 2.24) is 9.80 Å². The third-order valence-electron chi connectivity index (χ3n) is 4.06.